The van der Waals surface area contributed by atoms with E-state index in [1.807, 2.05) is 25.1 Å². The summed E-state index contributed by atoms with van der Waals surface area (Å²) in [7, 11) is 0. The molecule has 144 valence electrons. The molecule has 0 saturated heterocycles. The molecule has 0 aliphatic carbocycles. The number of H-pyrrole nitrogens is 1. The highest BCUT2D eigenvalue weighted by Gasteiger charge is 2.26. The highest BCUT2D eigenvalue weighted by Crippen LogP contribution is 2.21. The van der Waals surface area contributed by atoms with E-state index < -0.39 is 23.9 Å². The lowest BCUT2D eigenvalue weighted by Gasteiger charge is -2.15. The highest BCUT2D eigenvalue weighted by molar-refractivity contribution is 6.01. The van der Waals surface area contributed by atoms with E-state index in [-0.39, 0.29) is 17.9 Å². The fourth-order valence-electron chi connectivity index (χ4n) is 2.68. The number of anilines is 1. The first-order chi connectivity index (χ1) is 12.8. The van der Waals surface area contributed by atoms with Crippen molar-refractivity contribution >= 4 is 23.5 Å². The standard InChI is InChI=1S/C20H24N2O5/c1-6-26-20(25)17-12(3)16(13(4)21-17)19(24)27-14(5)18(23)22-15-10-8-7-9-11(15)2/h7-10,14,21H,6H2,1-5H3,(H,22,23). The van der Waals surface area contributed by atoms with Crippen LogP contribution >= 0.6 is 0 Å². The number of carbonyl (C=O) groups excluding carboxylic acids is 3. The van der Waals surface area contributed by atoms with Crippen molar-refractivity contribution < 1.29 is 23.9 Å². The predicted molar refractivity (Wildman–Crippen MR) is 101 cm³/mol. The lowest BCUT2D eigenvalue weighted by atomic mass is 10.1. The smallest absolute Gasteiger partial charge is 0.355 e. The van der Waals surface area contributed by atoms with Gasteiger partial charge in [0.1, 0.15) is 5.69 Å². The monoisotopic (exact) mass is 372 g/mol. The summed E-state index contributed by atoms with van der Waals surface area (Å²) < 4.78 is 10.3. The molecule has 27 heavy (non-hydrogen) atoms. The molecule has 1 heterocycles. The molecule has 7 heteroatoms. The molecule has 1 unspecified atom stereocenters. The van der Waals surface area contributed by atoms with Gasteiger partial charge >= 0.3 is 11.9 Å². The molecule has 0 aliphatic rings. The maximum atomic E-state index is 12.5. The summed E-state index contributed by atoms with van der Waals surface area (Å²) in [5, 5.41) is 2.74. The van der Waals surface area contributed by atoms with Crippen LogP contribution in [-0.4, -0.2) is 35.5 Å². The quantitative estimate of drug-likeness (QED) is 0.758. The topological polar surface area (TPSA) is 97.5 Å². The summed E-state index contributed by atoms with van der Waals surface area (Å²) in [6.45, 7) is 8.58. The summed E-state index contributed by atoms with van der Waals surface area (Å²) in [4.78, 5) is 39.7. The Balaban J connectivity index is 2.11. The average Bonchev–Trinajstić information content (AvgIpc) is 2.91. The van der Waals surface area contributed by atoms with E-state index >= 15 is 0 Å². The number of benzene rings is 1. The van der Waals surface area contributed by atoms with Gasteiger partial charge in [-0.3, -0.25) is 4.79 Å². The molecule has 7 nitrogen and oxygen atoms in total. The van der Waals surface area contributed by atoms with Crippen molar-refractivity contribution in [1.82, 2.24) is 4.98 Å². The van der Waals surface area contributed by atoms with Crippen LogP contribution in [0.3, 0.4) is 0 Å². The van der Waals surface area contributed by atoms with Crippen LogP contribution in [0, 0.1) is 20.8 Å². The molecule has 2 N–H and O–H groups in total. The van der Waals surface area contributed by atoms with Crippen molar-refractivity contribution in [3.8, 4) is 0 Å². The molecular formula is C20H24N2O5. The zero-order valence-corrected chi connectivity index (χ0v) is 16.1. The first-order valence-electron chi connectivity index (χ1n) is 8.70. The summed E-state index contributed by atoms with van der Waals surface area (Å²) >= 11 is 0. The molecule has 0 fully saturated rings. The summed E-state index contributed by atoms with van der Waals surface area (Å²) in [6.07, 6.45) is -1.00. The largest absolute Gasteiger partial charge is 0.461 e. The van der Waals surface area contributed by atoms with Gasteiger partial charge in [-0.2, -0.15) is 0 Å². The van der Waals surface area contributed by atoms with Gasteiger partial charge in [-0.25, -0.2) is 9.59 Å². The number of ether oxygens (including phenoxy) is 2. The number of esters is 2. The third-order valence-electron chi connectivity index (χ3n) is 4.18. The number of hydrogen-bond acceptors (Lipinski definition) is 5. The number of amides is 1. The second kappa shape index (κ2) is 8.53. The number of aromatic nitrogens is 1. The van der Waals surface area contributed by atoms with E-state index in [4.69, 9.17) is 9.47 Å². The number of aromatic amines is 1. The number of hydrogen-bond donors (Lipinski definition) is 2. The molecule has 1 aromatic carbocycles. The van der Waals surface area contributed by atoms with Crippen molar-refractivity contribution in [1.29, 1.82) is 0 Å². The van der Waals surface area contributed by atoms with Crippen LogP contribution in [-0.2, 0) is 14.3 Å². The first kappa shape index (κ1) is 20.2. The Morgan fingerprint density at radius 1 is 1.11 bits per heavy atom. The molecule has 0 aliphatic heterocycles. The van der Waals surface area contributed by atoms with Gasteiger partial charge in [-0.05, 0) is 51.8 Å². The lowest BCUT2D eigenvalue weighted by Crippen LogP contribution is -2.30. The van der Waals surface area contributed by atoms with Crippen LogP contribution in [0.15, 0.2) is 24.3 Å². The SMILES string of the molecule is CCOC(=O)c1[nH]c(C)c(C(=O)OC(C)C(=O)Nc2ccccc2C)c1C. The zero-order chi connectivity index (χ0) is 20.1. The first-order valence-corrected chi connectivity index (χ1v) is 8.70. The minimum atomic E-state index is -1.00. The Labute approximate surface area is 158 Å². The van der Waals surface area contributed by atoms with E-state index in [9.17, 15) is 14.4 Å². The van der Waals surface area contributed by atoms with Gasteiger partial charge in [-0.15, -0.1) is 0 Å². The number of rotatable bonds is 6. The summed E-state index contributed by atoms with van der Waals surface area (Å²) in [5.74, 6) is -1.65. The second-order valence-corrected chi connectivity index (χ2v) is 6.20. The van der Waals surface area contributed by atoms with E-state index in [0.29, 0.717) is 16.9 Å². The minimum Gasteiger partial charge on any atom is -0.461 e. The molecule has 0 spiro atoms. The Morgan fingerprint density at radius 3 is 2.41 bits per heavy atom. The number of carbonyl (C=O) groups is 3. The van der Waals surface area contributed by atoms with Crippen LogP contribution in [0.5, 0.6) is 0 Å². The van der Waals surface area contributed by atoms with Gasteiger partial charge < -0.3 is 19.8 Å². The van der Waals surface area contributed by atoms with E-state index in [2.05, 4.69) is 10.3 Å². The maximum absolute atomic E-state index is 12.5. The molecule has 1 atom stereocenters. The minimum absolute atomic E-state index is 0.207. The lowest BCUT2D eigenvalue weighted by molar-refractivity contribution is -0.123. The van der Waals surface area contributed by atoms with E-state index in [0.717, 1.165) is 5.56 Å². The van der Waals surface area contributed by atoms with Crippen LogP contribution < -0.4 is 5.32 Å². The second-order valence-electron chi connectivity index (χ2n) is 6.20. The number of aryl methyl sites for hydroxylation is 2. The number of nitrogens with one attached hydrogen (secondary N) is 2. The fourth-order valence-corrected chi connectivity index (χ4v) is 2.68. The number of para-hydroxylation sites is 1. The average molecular weight is 372 g/mol. The van der Waals surface area contributed by atoms with Gasteiger partial charge in [0.2, 0.25) is 0 Å². The molecule has 1 aromatic heterocycles. The molecule has 0 bridgehead atoms. The van der Waals surface area contributed by atoms with Crippen molar-refractivity contribution in [3.05, 3.63) is 52.3 Å². The normalized spacial score (nSPS) is 11.6. The molecule has 0 radical (unpaired) electrons. The van der Waals surface area contributed by atoms with Crippen molar-refractivity contribution in [3.63, 3.8) is 0 Å². The summed E-state index contributed by atoms with van der Waals surface area (Å²) in [6, 6.07) is 7.32. The van der Waals surface area contributed by atoms with Crippen molar-refractivity contribution in [2.24, 2.45) is 0 Å². The molecule has 2 rings (SSSR count). The van der Waals surface area contributed by atoms with Gasteiger partial charge in [0.25, 0.3) is 5.91 Å². The predicted octanol–water partition coefficient (Wildman–Crippen LogP) is 3.30. The molecule has 0 saturated carbocycles. The van der Waals surface area contributed by atoms with Gasteiger partial charge in [-0.1, -0.05) is 18.2 Å². The molecular weight excluding hydrogens is 348 g/mol. The van der Waals surface area contributed by atoms with Gasteiger partial charge in [0.05, 0.1) is 12.2 Å². The van der Waals surface area contributed by atoms with Crippen LogP contribution in [0.1, 0.15) is 51.5 Å². The third-order valence-corrected chi connectivity index (χ3v) is 4.18. The Morgan fingerprint density at radius 2 is 1.78 bits per heavy atom. The van der Waals surface area contributed by atoms with E-state index in [1.54, 1.807) is 26.8 Å². The van der Waals surface area contributed by atoms with Crippen LogP contribution in [0.25, 0.3) is 0 Å². The third kappa shape index (κ3) is 4.55. The van der Waals surface area contributed by atoms with E-state index in [1.165, 1.54) is 6.92 Å². The van der Waals surface area contributed by atoms with Crippen LogP contribution in [0.4, 0.5) is 5.69 Å². The summed E-state index contributed by atoms with van der Waals surface area (Å²) in [5.41, 5.74) is 2.91. The Bertz CT molecular complexity index is 869. The fraction of sp³-hybridized carbons (Fsp3) is 0.350. The van der Waals surface area contributed by atoms with Crippen molar-refractivity contribution in [2.45, 2.75) is 40.7 Å². The van der Waals surface area contributed by atoms with Gasteiger partial charge in [0.15, 0.2) is 6.10 Å². The Hall–Kier alpha value is -3.09. The molecule has 1 amide bonds. The van der Waals surface area contributed by atoms with Crippen molar-refractivity contribution in [2.75, 3.05) is 11.9 Å². The Kier molecular flexibility index (Phi) is 6.39. The van der Waals surface area contributed by atoms with Gasteiger partial charge in [0, 0.05) is 11.4 Å². The highest BCUT2D eigenvalue weighted by atomic mass is 16.5. The maximum Gasteiger partial charge on any atom is 0.355 e. The zero-order valence-electron chi connectivity index (χ0n) is 16.1. The molecule has 2 aromatic rings. The van der Waals surface area contributed by atoms with Crippen LogP contribution in [0.2, 0.25) is 0 Å².